The summed E-state index contributed by atoms with van der Waals surface area (Å²) in [6.45, 7) is 4.19. The van der Waals surface area contributed by atoms with Gasteiger partial charge in [0.2, 0.25) is 10.0 Å². The fourth-order valence-corrected chi connectivity index (χ4v) is 4.28. The first-order valence-electron chi connectivity index (χ1n) is 9.15. The highest BCUT2D eigenvalue weighted by molar-refractivity contribution is 7.88. The summed E-state index contributed by atoms with van der Waals surface area (Å²) in [5.74, 6) is 0.702. The first kappa shape index (κ1) is 19.1. The predicted molar refractivity (Wildman–Crippen MR) is 99.9 cm³/mol. The number of ether oxygens (including phenoxy) is 1. The van der Waals surface area contributed by atoms with E-state index in [1.54, 1.807) is 6.07 Å². The Morgan fingerprint density at radius 2 is 1.92 bits per heavy atom. The summed E-state index contributed by atoms with van der Waals surface area (Å²) in [4.78, 5) is 14.6. The van der Waals surface area contributed by atoms with Crippen molar-refractivity contribution in [1.29, 1.82) is 0 Å². The van der Waals surface area contributed by atoms with Crippen LogP contribution in [0.3, 0.4) is 0 Å². The number of hydrogen-bond acceptors (Lipinski definition) is 5. The number of nitrogens with zero attached hydrogens (tertiary/aromatic N) is 2. The molecule has 0 spiro atoms. The molecule has 0 aromatic heterocycles. The van der Waals surface area contributed by atoms with Gasteiger partial charge in [-0.15, -0.1) is 0 Å². The third-order valence-corrected chi connectivity index (χ3v) is 6.18. The number of rotatable bonds is 4. The van der Waals surface area contributed by atoms with Crippen LogP contribution in [-0.2, 0) is 10.0 Å². The van der Waals surface area contributed by atoms with Crippen molar-refractivity contribution < 1.29 is 17.9 Å². The van der Waals surface area contributed by atoms with Crippen molar-refractivity contribution in [2.24, 2.45) is 0 Å². The molecule has 2 heterocycles. The van der Waals surface area contributed by atoms with Crippen molar-refractivity contribution >= 4 is 15.9 Å². The van der Waals surface area contributed by atoms with Crippen molar-refractivity contribution in [2.45, 2.75) is 25.4 Å². The summed E-state index contributed by atoms with van der Waals surface area (Å²) in [6.07, 6.45) is 3.48. The largest absolute Gasteiger partial charge is 0.490 e. The van der Waals surface area contributed by atoms with Gasteiger partial charge in [-0.1, -0.05) is 6.07 Å². The lowest BCUT2D eigenvalue weighted by atomic mass is 10.1. The van der Waals surface area contributed by atoms with Gasteiger partial charge in [-0.2, -0.15) is 0 Å². The summed E-state index contributed by atoms with van der Waals surface area (Å²) < 4.78 is 30.7. The fourth-order valence-electron chi connectivity index (χ4n) is 3.41. The van der Waals surface area contributed by atoms with E-state index in [-0.39, 0.29) is 12.0 Å². The zero-order valence-electron chi connectivity index (χ0n) is 15.2. The summed E-state index contributed by atoms with van der Waals surface area (Å²) in [5, 5.41) is 3.30. The smallest absolute Gasteiger partial charge is 0.254 e. The molecule has 0 unspecified atom stereocenters. The number of amides is 1. The topological polar surface area (TPSA) is 79.0 Å². The SMILES string of the molecule is CS(=O)(=O)N1CCC(Oc2cccc(C(=O)N3CCCNCC3)c2)CC1. The Morgan fingerprint density at radius 3 is 2.65 bits per heavy atom. The maximum absolute atomic E-state index is 12.7. The van der Waals surface area contributed by atoms with Crippen LogP contribution in [0.5, 0.6) is 5.75 Å². The Bertz CT molecular complexity index is 722. The lowest BCUT2D eigenvalue weighted by Gasteiger charge is -2.30. The normalized spacial score (nSPS) is 20.6. The lowest BCUT2D eigenvalue weighted by molar-refractivity contribution is 0.0764. The second-order valence-corrected chi connectivity index (χ2v) is 8.89. The van der Waals surface area contributed by atoms with E-state index < -0.39 is 10.0 Å². The van der Waals surface area contributed by atoms with Crippen LogP contribution in [0.15, 0.2) is 24.3 Å². The molecule has 2 aliphatic rings. The minimum absolute atomic E-state index is 0.0271. The molecule has 1 aromatic rings. The second kappa shape index (κ2) is 8.37. The summed E-state index contributed by atoms with van der Waals surface area (Å²) in [5.41, 5.74) is 0.637. The molecule has 0 bridgehead atoms. The number of carbonyl (C=O) groups is 1. The average molecular weight is 381 g/mol. The van der Waals surface area contributed by atoms with Crippen molar-refractivity contribution in [3.05, 3.63) is 29.8 Å². The van der Waals surface area contributed by atoms with E-state index in [4.69, 9.17) is 4.74 Å². The van der Waals surface area contributed by atoms with Crippen molar-refractivity contribution in [3.63, 3.8) is 0 Å². The van der Waals surface area contributed by atoms with Crippen LogP contribution in [0.1, 0.15) is 29.6 Å². The van der Waals surface area contributed by atoms with Crippen LogP contribution in [0.4, 0.5) is 0 Å². The second-order valence-electron chi connectivity index (χ2n) is 6.90. The van der Waals surface area contributed by atoms with Crippen LogP contribution < -0.4 is 10.1 Å². The number of piperidine rings is 1. The first-order chi connectivity index (χ1) is 12.4. The van der Waals surface area contributed by atoms with Gasteiger partial charge in [-0.3, -0.25) is 4.79 Å². The molecular weight excluding hydrogens is 354 g/mol. The highest BCUT2D eigenvalue weighted by atomic mass is 32.2. The minimum atomic E-state index is -3.13. The van der Waals surface area contributed by atoms with E-state index in [9.17, 15) is 13.2 Å². The molecule has 0 atom stereocenters. The minimum Gasteiger partial charge on any atom is -0.490 e. The number of nitrogens with one attached hydrogen (secondary N) is 1. The zero-order valence-corrected chi connectivity index (χ0v) is 16.0. The van der Waals surface area contributed by atoms with Crippen molar-refractivity contribution in [1.82, 2.24) is 14.5 Å². The predicted octanol–water partition coefficient (Wildman–Crippen LogP) is 0.925. The monoisotopic (exact) mass is 381 g/mol. The number of hydrogen-bond donors (Lipinski definition) is 1. The molecule has 7 nitrogen and oxygen atoms in total. The standard InChI is InChI=1S/C18H27N3O4S/c1-26(23,24)21-11-6-16(7-12-21)25-17-5-2-4-15(14-17)18(22)20-10-3-8-19-9-13-20/h2,4-5,14,16,19H,3,6-13H2,1H3. The maximum atomic E-state index is 12.7. The van der Waals surface area contributed by atoms with E-state index in [2.05, 4.69) is 5.32 Å². The molecule has 1 amide bonds. The molecular formula is C18H27N3O4S. The van der Waals surface area contributed by atoms with Crippen LogP contribution in [0, 0.1) is 0 Å². The van der Waals surface area contributed by atoms with Crippen molar-refractivity contribution in [2.75, 3.05) is 45.5 Å². The average Bonchev–Trinajstić information content (AvgIpc) is 2.90. The maximum Gasteiger partial charge on any atom is 0.254 e. The molecule has 0 saturated carbocycles. The van der Waals surface area contributed by atoms with Crippen LogP contribution in [0.25, 0.3) is 0 Å². The molecule has 3 rings (SSSR count). The Hall–Kier alpha value is -1.64. The Kier molecular flexibility index (Phi) is 6.16. The van der Waals surface area contributed by atoms with Crippen LogP contribution >= 0.6 is 0 Å². The van der Waals surface area contributed by atoms with Gasteiger partial charge in [0, 0.05) is 38.3 Å². The van der Waals surface area contributed by atoms with E-state index in [0.29, 0.717) is 43.8 Å². The number of benzene rings is 1. The van der Waals surface area contributed by atoms with Gasteiger partial charge in [0.1, 0.15) is 11.9 Å². The third-order valence-electron chi connectivity index (χ3n) is 4.88. The highest BCUT2D eigenvalue weighted by Gasteiger charge is 2.26. The van der Waals surface area contributed by atoms with Gasteiger partial charge >= 0.3 is 0 Å². The fraction of sp³-hybridized carbons (Fsp3) is 0.611. The highest BCUT2D eigenvalue weighted by Crippen LogP contribution is 2.22. The Morgan fingerprint density at radius 1 is 1.15 bits per heavy atom. The molecule has 0 aliphatic carbocycles. The number of sulfonamides is 1. The van der Waals surface area contributed by atoms with Crippen LogP contribution in [0.2, 0.25) is 0 Å². The van der Waals surface area contributed by atoms with Crippen molar-refractivity contribution in [3.8, 4) is 5.75 Å². The molecule has 0 radical (unpaired) electrons. The van der Waals surface area contributed by atoms with E-state index >= 15 is 0 Å². The van der Waals surface area contributed by atoms with Gasteiger partial charge in [-0.05, 0) is 44.0 Å². The third kappa shape index (κ3) is 4.96. The van der Waals surface area contributed by atoms with E-state index in [1.807, 2.05) is 23.1 Å². The first-order valence-corrected chi connectivity index (χ1v) is 11.0. The van der Waals surface area contributed by atoms with Gasteiger partial charge in [0.05, 0.1) is 6.26 Å². The lowest BCUT2D eigenvalue weighted by Crippen LogP contribution is -2.41. The Balaban J connectivity index is 1.60. The molecule has 2 aliphatic heterocycles. The molecule has 2 fully saturated rings. The molecule has 144 valence electrons. The molecule has 8 heteroatoms. The van der Waals surface area contributed by atoms with Crippen LogP contribution in [-0.4, -0.2) is 75.2 Å². The quantitative estimate of drug-likeness (QED) is 0.839. The Labute approximate surface area is 155 Å². The zero-order chi connectivity index (χ0) is 18.6. The summed E-state index contributed by atoms with van der Waals surface area (Å²) in [7, 11) is -3.13. The summed E-state index contributed by atoms with van der Waals surface area (Å²) in [6, 6.07) is 7.30. The molecule has 1 aromatic carbocycles. The summed E-state index contributed by atoms with van der Waals surface area (Å²) >= 11 is 0. The molecule has 26 heavy (non-hydrogen) atoms. The number of carbonyl (C=O) groups excluding carboxylic acids is 1. The van der Waals surface area contributed by atoms with Gasteiger partial charge in [-0.25, -0.2) is 12.7 Å². The van der Waals surface area contributed by atoms with Gasteiger partial charge in [0.15, 0.2) is 0 Å². The molecule has 2 saturated heterocycles. The van der Waals surface area contributed by atoms with Gasteiger partial charge < -0.3 is 15.0 Å². The van der Waals surface area contributed by atoms with Gasteiger partial charge in [0.25, 0.3) is 5.91 Å². The molecule has 1 N–H and O–H groups in total. The van der Waals surface area contributed by atoms with E-state index in [1.165, 1.54) is 10.6 Å². The van der Waals surface area contributed by atoms with E-state index in [0.717, 1.165) is 26.1 Å².